The van der Waals surface area contributed by atoms with Gasteiger partial charge in [0.1, 0.15) is 0 Å². The fourth-order valence-corrected chi connectivity index (χ4v) is 2.12. The summed E-state index contributed by atoms with van der Waals surface area (Å²) in [7, 11) is 2.18. The van der Waals surface area contributed by atoms with Gasteiger partial charge in [0.25, 0.3) is 0 Å². The highest BCUT2D eigenvalue weighted by atomic mass is 35.5. The molecule has 1 rings (SSSR count). The van der Waals surface area contributed by atoms with Gasteiger partial charge in [0.2, 0.25) is 0 Å². The van der Waals surface area contributed by atoms with Crippen molar-refractivity contribution in [2.24, 2.45) is 5.92 Å². The number of nitrogens with one attached hydrogen (secondary N) is 1. The number of hydrogen-bond donors (Lipinski definition) is 1. The molecule has 102 valence electrons. The molecule has 0 amide bonds. The summed E-state index contributed by atoms with van der Waals surface area (Å²) >= 11 is 5.90. The van der Waals surface area contributed by atoms with Crippen LogP contribution in [-0.2, 0) is 6.54 Å². The Kier molecular flexibility index (Phi) is 6.69. The maximum atomic E-state index is 5.90. The number of rotatable bonds is 7. The Morgan fingerprint density at radius 3 is 2.39 bits per heavy atom. The summed E-state index contributed by atoms with van der Waals surface area (Å²) in [6.45, 7) is 9.81. The number of nitrogens with zero attached hydrogens (tertiary/aromatic N) is 1. The van der Waals surface area contributed by atoms with Crippen LogP contribution in [-0.4, -0.2) is 31.1 Å². The molecule has 0 aromatic heterocycles. The predicted molar refractivity (Wildman–Crippen MR) is 80.1 cm³/mol. The minimum Gasteiger partial charge on any atom is -0.317 e. The van der Waals surface area contributed by atoms with Crippen LogP contribution in [0.1, 0.15) is 26.3 Å². The van der Waals surface area contributed by atoms with E-state index < -0.39 is 0 Å². The molecule has 2 nitrogen and oxygen atoms in total. The van der Waals surface area contributed by atoms with Crippen molar-refractivity contribution in [3.8, 4) is 0 Å². The molecule has 18 heavy (non-hydrogen) atoms. The zero-order valence-electron chi connectivity index (χ0n) is 11.9. The summed E-state index contributed by atoms with van der Waals surface area (Å²) in [6.07, 6.45) is 0. The fourth-order valence-electron chi connectivity index (χ4n) is 2.00. The lowest BCUT2D eigenvalue weighted by molar-refractivity contribution is 0.189. The third kappa shape index (κ3) is 4.97. The topological polar surface area (TPSA) is 15.3 Å². The van der Waals surface area contributed by atoms with Crippen LogP contribution in [0.4, 0.5) is 0 Å². The molecule has 0 radical (unpaired) electrons. The third-order valence-electron chi connectivity index (χ3n) is 3.58. The maximum Gasteiger partial charge on any atom is 0.0406 e. The second kappa shape index (κ2) is 7.78. The summed E-state index contributed by atoms with van der Waals surface area (Å²) in [4.78, 5) is 2.39. The van der Waals surface area contributed by atoms with Crippen LogP contribution in [0.25, 0.3) is 0 Å². The minimum atomic E-state index is 0.555. The monoisotopic (exact) mass is 268 g/mol. The van der Waals surface area contributed by atoms with E-state index in [1.54, 1.807) is 0 Å². The van der Waals surface area contributed by atoms with Gasteiger partial charge < -0.3 is 5.32 Å². The average Bonchev–Trinajstić information content (AvgIpc) is 2.37. The zero-order chi connectivity index (χ0) is 13.5. The summed E-state index contributed by atoms with van der Waals surface area (Å²) < 4.78 is 0. The van der Waals surface area contributed by atoms with Crippen LogP contribution in [0, 0.1) is 5.92 Å². The Labute approximate surface area is 116 Å². The molecule has 0 saturated heterocycles. The van der Waals surface area contributed by atoms with Gasteiger partial charge in [0, 0.05) is 17.6 Å². The van der Waals surface area contributed by atoms with Gasteiger partial charge in [-0.05, 0) is 50.7 Å². The van der Waals surface area contributed by atoms with Crippen molar-refractivity contribution in [3.63, 3.8) is 0 Å². The number of hydrogen-bond acceptors (Lipinski definition) is 2. The Morgan fingerprint density at radius 1 is 1.22 bits per heavy atom. The molecule has 3 heteroatoms. The van der Waals surface area contributed by atoms with Crippen molar-refractivity contribution in [2.75, 3.05) is 20.1 Å². The molecular formula is C15H25ClN2. The van der Waals surface area contributed by atoms with Gasteiger partial charge in [-0.25, -0.2) is 0 Å². The SMILES string of the molecule is CCNCC(C)C(C)N(C)Cc1ccc(Cl)cc1. The Balaban J connectivity index is 2.48. The molecule has 2 atom stereocenters. The Morgan fingerprint density at radius 2 is 1.83 bits per heavy atom. The van der Waals surface area contributed by atoms with E-state index >= 15 is 0 Å². The average molecular weight is 269 g/mol. The van der Waals surface area contributed by atoms with E-state index in [-0.39, 0.29) is 0 Å². The van der Waals surface area contributed by atoms with E-state index in [0.717, 1.165) is 24.7 Å². The van der Waals surface area contributed by atoms with Crippen LogP contribution in [0.2, 0.25) is 5.02 Å². The van der Waals surface area contributed by atoms with E-state index in [1.165, 1.54) is 5.56 Å². The Bertz CT molecular complexity index is 337. The Hall–Kier alpha value is -0.570. The molecule has 2 unspecified atom stereocenters. The molecule has 0 aliphatic rings. The molecule has 1 aromatic rings. The standard InChI is InChI=1S/C15H25ClN2/c1-5-17-10-12(2)13(3)18(4)11-14-6-8-15(16)9-7-14/h6-9,12-13,17H,5,10-11H2,1-4H3. The fraction of sp³-hybridized carbons (Fsp3) is 0.600. The van der Waals surface area contributed by atoms with Crippen molar-refractivity contribution in [1.29, 1.82) is 0 Å². The molecule has 0 spiro atoms. The molecule has 1 N–H and O–H groups in total. The first-order valence-electron chi connectivity index (χ1n) is 6.70. The van der Waals surface area contributed by atoms with Crippen LogP contribution in [0.3, 0.4) is 0 Å². The van der Waals surface area contributed by atoms with Gasteiger partial charge in [0.15, 0.2) is 0 Å². The van der Waals surface area contributed by atoms with Crippen molar-refractivity contribution in [2.45, 2.75) is 33.4 Å². The number of halogens is 1. The van der Waals surface area contributed by atoms with Crippen molar-refractivity contribution in [3.05, 3.63) is 34.9 Å². The largest absolute Gasteiger partial charge is 0.317 e. The summed E-state index contributed by atoms with van der Waals surface area (Å²) in [6, 6.07) is 8.66. The second-order valence-electron chi connectivity index (χ2n) is 5.07. The van der Waals surface area contributed by atoms with Gasteiger partial charge in [-0.1, -0.05) is 37.6 Å². The predicted octanol–water partition coefficient (Wildman–Crippen LogP) is 3.41. The smallest absolute Gasteiger partial charge is 0.0406 e. The summed E-state index contributed by atoms with van der Waals surface area (Å²) in [5.74, 6) is 0.641. The van der Waals surface area contributed by atoms with Crippen molar-refractivity contribution in [1.82, 2.24) is 10.2 Å². The molecule has 0 bridgehead atoms. The maximum absolute atomic E-state index is 5.90. The van der Waals surface area contributed by atoms with Crippen LogP contribution in [0.15, 0.2) is 24.3 Å². The van der Waals surface area contributed by atoms with E-state index in [9.17, 15) is 0 Å². The molecule has 0 aliphatic heterocycles. The van der Waals surface area contributed by atoms with E-state index in [4.69, 9.17) is 11.6 Å². The molecule has 1 aromatic carbocycles. The summed E-state index contributed by atoms with van der Waals surface area (Å²) in [5.41, 5.74) is 1.31. The number of benzene rings is 1. The van der Waals surface area contributed by atoms with Crippen LogP contribution >= 0.6 is 11.6 Å². The van der Waals surface area contributed by atoms with Crippen molar-refractivity contribution < 1.29 is 0 Å². The normalized spacial score (nSPS) is 14.8. The van der Waals surface area contributed by atoms with Gasteiger partial charge in [-0.15, -0.1) is 0 Å². The van der Waals surface area contributed by atoms with E-state index in [1.807, 2.05) is 12.1 Å². The van der Waals surface area contributed by atoms with E-state index in [0.29, 0.717) is 12.0 Å². The first kappa shape index (κ1) is 15.5. The molecule has 0 saturated carbocycles. The highest BCUT2D eigenvalue weighted by Crippen LogP contribution is 2.14. The third-order valence-corrected chi connectivity index (χ3v) is 3.83. The first-order chi connectivity index (χ1) is 8.54. The van der Waals surface area contributed by atoms with Gasteiger partial charge >= 0.3 is 0 Å². The molecule has 0 fully saturated rings. The minimum absolute atomic E-state index is 0.555. The summed E-state index contributed by atoms with van der Waals surface area (Å²) in [5, 5.41) is 4.21. The zero-order valence-corrected chi connectivity index (χ0v) is 12.7. The molecular weight excluding hydrogens is 244 g/mol. The molecule has 0 heterocycles. The lowest BCUT2D eigenvalue weighted by atomic mass is 10.0. The van der Waals surface area contributed by atoms with Crippen LogP contribution in [0.5, 0.6) is 0 Å². The lowest BCUT2D eigenvalue weighted by Gasteiger charge is -2.30. The van der Waals surface area contributed by atoms with Gasteiger partial charge in [-0.3, -0.25) is 4.90 Å². The van der Waals surface area contributed by atoms with Gasteiger partial charge in [0.05, 0.1) is 0 Å². The van der Waals surface area contributed by atoms with E-state index in [2.05, 4.69) is 50.2 Å². The van der Waals surface area contributed by atoms with Gasteiger partial charge in [-0.2, -0.15) is 0 Å². The lowest BCUT2D eigenvalue weighted by Crippen LogP contribution is -2.38. The molecule has 0 aliphatic carbocycles. The highest BCUT2D eigenvalue weighted by molar-refractivity contribution is 6.30. The van der Waals surface area contributed by atoms with Crippen LogP contribution < -0.4 is 5.32 Å². The quantitative estimate of drug-likeness (QED) is 0.815. The second-order valence-corrected chi connectivity index (χ2v) is 5.50. The highest BCUT2D eigenvalue weighted by Gasteiger charge is 2.16. The first-order valence-corrected chi connectivity index (χ1v) is 7.07. The van der Waals surface area contributed by atoms with Crippen molar-refractivity contribution >= 4 is 11.6 Å².